The summed E-state index contributed by atoms with van der Waals surface area (Å²) in [6.07, 6.45) is 11.4. The van der Waals surface area contributed by atoms with Crippen molar-refractivity contribution in [2.45, 2.75) is 77.3 Å². The van der Waals surface area contributed by atoms with Gasteiger partial charge in [-0.25, -0.2) is 4.98 Å². The fraction of sp³-hybridized carbons (Fsp3) is 0.682. The molecule has 1 aliphatic carbocycles. The van der Waals surface area contributed by atoms with E-state index < -0.39 is 0 Å². The average molecular weight is 417 g/mol. The van der Waals surface area contributed by atoms with E-state index in [0.717, 1.165) is 41.2 Å². The Kier molecular flexibility index (Phi) is 6.06. The van der Waals surface area contributed by atoms with Crippen LogP contribution in [0.1, 0.15) is 61.8 Å². The highest BCUT2D eigenvalue weighted by Gasteiger charge is 2.38. The first-order valence-electron chi connectivity index (χ1n) is 11.0. The van der Waals surface area contributed by atoms with Crippen LogP contribution < -0.4 is 10.9 Å². The molecule has 1 saturated carbocycles. The second-order valence-electron chi connectivity index (χ2n) is 8.75. The standard InChI is InChI=1S/C22H32N4O2S/c1-16-17(2)29-20-19(16)21(28)25(15-24-20)13-18(27)23-14-22(9-5-3-6-10-22)26-11-7-4-8-12-26/h15H,3-14H2,1-2H3,(H,23,27). The third kappa shape index (κ3) is 4.12. The van der Waals surface area contributed by atoms with Crippen LogP contribution in [0.3, 0.4) is 0 Å². The van der Waals surface area contributed by atoms with Crippen molar-refractivity contribution in [2.75, 3.05) is 19.6 Å². The summed E-state index contributed by atoms with van der Waals surface area (Å²) in [5.41, 5.74) is 0.960. The summed E-state index contributed by atoms with van der Waals surface area (Å²) in [5.74, 6) is -0.0974. The Morgan fingerprint density at radius 3 is 2.55 bits per heavy atom. The number of likely N-dealkylation sites (tertiary alicyclic amines) is 1. The van der Waals surface area contributed by atoms with Gasteiger partial charge in [-0.15, -0.1) is 11.3 Å². The number of thiophene rings is 1. The number of carbonyl (C=O) groups excluding carboxylic acids is 1. The highest BCUT2D eigenvalue weighted by molar-refractivity contribution is 7.18. The van der Waals surface area contributed by atoms with Crippen LogP contribution >= 0.6 is 11.3 Å². The minimum atomic E-state index is -0.115. The zero-order valence-electron chi connectivity index (χ0n) is 17.6. The molecule has 4 rings (SSSR count). The SMILES string of the molecule is Cc1sc2ncn(CC(=O)NCC3(N4CCCCC4)CCCCC3)c(=O)c2c1C. The molecule has 0 spiro atoms. The van der Waals surface area contributed by atoms with E-state index in [9.17, 15) is 9.59 Å². The lowest BCUT2D eigenvalue weighted by Gasteiger charge is -2.48. The van der Waals surface area contributed by atoms with Crippen molar-refractivity contribution in [3.8, 4) is 0 Å². The molecule has 2 fully saturated rings. The van der Waals surface area contributed by atoms with Crippen molar-refractivity contribution in [3.63, 3.8) is 0 Å². The highest BCUT2D eigenvalue weighted by Crippen LogP contribution is 2.35. The lowest BCUT2D eigenvalue weighted by Crippen LogP contribution is -2.58. The van der Waals surface area contributed by atoms with Crippen LogP contribution in [0.25, 0.3) is 10.2 Å². The molecule has 1 saturated heterocycles. The number of nitrogens with zero attached hydrogens (tertiary/aromatic N) is 3. The molecule has 158 valence electrons. The second kappa shape index (κ2) is 8.56. The topological polar surface area (TPSA) is 67.2 Å². The molecule has 1 aliphatic heterocycles. The minimum Gasteiger partial charge on any atom is -0.353 e. The lowest BCUT2D eigenvalue weighted by atomic mass is 9.79. The van der Waals surface area contributed by atoms with Crippen molar-refractivity contribution in [1.29, 1.82) is 0 Å². The van der Waals surface area contributed by atoms with Crippen molar-refractivity contribution >= 4 is 27.5 Å². The van der Waals surface area contributed by atoms with Gasteiger partial charge in [-0.2, -0.15) is 0 Å². The summed E-state index contributed by atoms with van der Waals surface area (Å²) in [6.45, 7) is 6.97. The van der Waals surface area contributed by atoms with Crippen LogP contribution in [-0.4, -0.2) is 45.5 Å². The quantitative estimate of drug-likeness (QED) is 0.811. The van der Waals surface area contributed by atoms with Gasteiger partial charge in [-0.05, 0) is 58.2 Å². The number of hydrogen-bond donors (Lipinski definition) is 1. The molecule has 0 atom stereocenters. The van der Waals surface area contributed by atoms with E-state index >= 15 is 0 Å². The van der Waals surface area contributed by atoms with Gasteiger partial charge in [0, 0.05) is 17.0 Å². The minimum absolute atomic E-state index is 0.0339. The maximum absolute atomic E-state index is 12.9. The predicted molar refractivity (Wildman–Crippen MR) is 118 cm³/mol. The van der Waals surface area contributed by atoms with Crippen molar-refractivity contribution < 1.29 is 4.79 Å². The second-order valence-corrected chi connectivity index (χ2v) is 9.95. The molecule has 0 unspecified atom stereocenters. The number of fused-ring (bicyclic) bond motifs is 1. The van der Waals surface area contributed by atoms with Crippen LogP contribution in [0.2, 0.25) is 0 Å². The average Bonchev–Trinajstić information content (AvgIpc) is 3.04. The molecule has 2 aromatic heterocycles. The van der Waals surface area contributed by atoms with Crippen LogP contribution in [0.5, 0.6) is 0 Å². The fourth-order valence-electron chi connectivity index (χ4n) is 5.04. The lowest BCUT2D eigenvalue weighted by molar-refractivity contribution is -0.122. The number of aryl methyl sites for hydroxylation is 2. The maximum Gasteiger partial charge on any atom is 0.262 e. The number of piperidine rings is 1. The Labute approximate surface area is 176 Å². The highest BCUT2D eigenvalue weighted by atomic mass is 32.1. The van der Waals surface area contributed by atoms with E-state index in [4.69, 9.17) is 0 Å². The van der Waals surface area contributed by atoms with E-state index in [1.165, 1.54) is 60.8 Å². The summed E-state index contributed by atoms with van der Waals surface area (Å²) < 4.78 is 1.45. The van der Waals surface area contributed by atoms with Gasteiger partial charge in [0.05, 0.1) is 11.7 Å². The number of amides is 1. The van der Waals surface area contributed by atoms with E-state index in [1.54, 1.807) is 0 Å². The Morgan fingerprint density at radius 2 is 1.83 bits per heavy atom. The Balaban J connectivity index is 1.46. The number of aromatic nitrogens is 2. The Hall–Kier alpha value is -1.73. The summed E-state index contributed by atoms with van der Waals surface area (Å²) >= 11 is 1.53. The van der Waals surface area contributed by atoms with Gasteiger partial charge in [0.2, 0.25) is 5.91 Å². The van der Waals surface area contributed by atoms with E-state index in [2.05, 4.69) is 15.2 Å². The molecule has 1 N–H and O–H groups in total. The molecule has 0 radical (unpaired) electrons. The first-order chi connectivity index (χ1) is 14.0. The smallest absolute Gasteiger partial charge is 0.262 e. The van der Waals surface area contributed by atoms with Crippen LogP contribution in [0, 0.1) is 13.8 Å². The molecule has 2 aromatic rings. The Morgan fingerprint density at radius 1 is 1.14 bits per heavy atom. The van der Waals surface area contributed by atoms with E-state index in [1.807, 2.05) is 13.8 Å². The summed E-state index contributed by atoms with van der Waals surface area (Å²) in [5, 5.41) is 3.82. The molecule has 1 amide bonds. The van der Waals surface area contributed by atoms with Gasteiger partial charge >= 0.3 is 0 Å². The van der Waals surface area contributed by atoms with Crippen LogP contribution in [-0.2, 0) is 11.3 Å². The molecule has 0 aromatic carbocycles. The van der Waals surface area contributed by atoms with Gasteiger partial charge in [0.25, 0.3) is 5.56 Å². The molecule has 29 heavy (non-hydrogen) atoms. The summed E-state index contributed by atoms with van der Waals surface area (Å²) in [4.78, 5) is 34.5. The zero-order chi connectivity index (χ0) is 20.4. The molecule has 6 nitrogen and oxygen atoms in total. The molecule has 2 aliphatic rings. The zero-order valence-corrected chi connectivity index (χ0v) is 18.4. The molecular formula is C22H32N4O2S. The van der Waals surface area contributed by atoms with Crippen molar-refractivity contribution in [1.82, 2.24) is 19.8 Å². The normalized spacial score (nSPS) is 20.1. The third-order valence-corrected chi connectivity index (χ3v) is 8.01. The van der Waals surface area contributed by atoms with Gasteiger partial charge in [0.1, 0.15) is 11.4 Å². The number of carbonyl (C=O) groups is 1. The van der Waals surface area contributed by atoms with Crippen LogP contribution in [0.15, 0.2) is 11.1 Å². The number of nitrogens with one attached hydrogen (secondary N) is 1. The first kappa shape index (κ1) is 20.5. The van der Waals surface area contributed by atoms with Gasteiger partial charge in [0.15, 0.2) is 0 Å². The summed E-state index contributed by atoms with van der Waals surface area (Å²) in [6, 6.07) is 0. The largest absolute Gasteiger partial charge is 0.353 e. The predicted octanol–water partition coefficient (Wildman–Crippen LogP) is 3.38. The van der Waals surface area contributed by atoms with Gasteiger partial charge in [-0.3, -0.25) is 19.1 Å². The maximum atomic E-state index is 12.9. The molecule has 7 heteroatoms. The monoisotopic (exact) mass is 416 g/mol. The third-order valence-electron chi connectivity index (χ3n) is 6.90. The molecular weight excluding hydrogens is 384 g/mol. The molecule has 3 heterocycles. The Bertz CT molecular complexity index is 936. The van der Waals surface area contributed by atoms with Crippen LogP contribution in [0.4, 0.5) is 0 Å². The number of hydrogen-bond acceptors (Lipinski definition) is 5. The molecule has 0 bridgehead atoms. The van der Waals surface area contributed by atoms with E-state index in [0.29, 0.717) is 11.9 Å². The van der Waals surface area contributed by atoms with Gasteiger partial charge in [-0.1, -0.05) is 25.7 Å². The number of rotatable bonds is 5. The van der Waals surface area contributed by atoms with Crippen molar-refractivity contribution in [2.24, 2.45) is 0 Å². The van der Waals surface area contributed by atoms with E-state index in [-0.39, 0.29) is 23.6 Å². The van der Waals surface area contributed by atoms with Gasteiger partial charge < -0.3 is 5.32 Å². The first-order valence-corrected chi connectivity index (χ1v) is 11.8. The summed E-state index contributed by atoms with van der Waals surface area (Å²) in [7, 11) is 0. The van der Waals surface area contributed by atoms with Crippen molar-refractivity contribution in [3.05, 3.63) is 27.1 Å². The fourth-order valence-corrected chi connectivity index (χ4v) is 6.03.